The number of aromatic nitrogens is 3. The van der Waals surface area contributed by atoms with Gasteiger partial charge >= 0.3 is 0 Å². The Kier molecular flexibility index (Phi) is 6.37. The molecule has 172 valence electrons. The van der Waals surface area contributed by atoms with E-state index < -0.39 is 0 Å². The van der Waals surface area contributed by atoms with Crippen LogP contribution in [0.3, 0.4) is 0 Å². The molecule has 0 bridgehead atoms. The molecule has 0 N–H and O–H groups in total. The molecule has 5 rings (SSSR count). The Labute approximate surface area is 194 Å². The molecule has 3 aromatic rings. The predicted octanol–water partition coefficient (Wildman–Crippen LogP) is 2.98. The number of hydrogen-bond acceptors (Lipinski definition) is 8. The molecule has 0 spiro atoms. The Bertz CT molecular complexity index is 1090. The number of anilines is 1. The monoisotopic (exact) mass is 446 g/mol. The number of rotatable bonds is 6. The van der Waals surface area contributed by atoms with Crippen LogP contribution in [-0.2, 0) is 19.5 Å². The molecule has 8 nitrogen and oxygen atoms in total. The van der Waals surface area contributed by atoms with Crippen LogP contribution in [0.4, 0.5) is 5.95 Å². The number of likely N-dealkylation sites (N-methyl/N-ethyl adjacent to an activating group) is 1. The van der Waals surface area contributed by atoms with E-state index in [1.165, 1.54) is 5.56 Å². The molecule has 2 aliphatic rings. The summed E-state index contributed by atoms with van der Waals surface area (Å²) in [5.41, 5.74) is 3.40. The summed E-state index contributed by atoms with van der Waals surface area (Å²) in [5, 5.41) is 0. The number of piperazine rings is 1. The lowest BCUT2D eigenvalue weighted by Crippen LogP contribution is -2.45. The molecule has 0 saturated carbocycles. The van der Waals surface area contributed by atoms with Gasteiger partial charge in [0.05, 0.1) is 18.4 Å². The van der Waals surface area contributed by atoms with E-state index >= 15 is 0 Å². The fourth-order valence-corrected chi connectivity index (χ4v) is 4.32. The fourth-order valence-electron chi connectivity index (χ4n) is 4.32. The number of fused-ring (bicyclic) bond motifs is 1. The summed E-state index contributed by atoms with van der Waals surface area (Å²) < 4.78 is 11.7. The quantitative estimate of drug-likeness (QED) is 0.573. The highest BCUT2D eigenvalue weighted by Crippen LogP contribution is 2.33. The molecule has 1 aromatic carbocycles. The Morgan fingerprint density at radius 2 is 1.73 bits per heavy atom. The maximum atomic E-state index is 6.37. The van der Waals surface area contributed by atoms with Crippen LogP contribution >= 0.6 is 0 Å². The lowest BCUT2D eigenvalue weighted by Gasteiger charge is -2.34. The van der Waals surface area contributed by atoms with Crippen LogP contribution in [0.15, 0.2) is 48.8 Å². The Hall–Kier alpha value is -3.23. The molecular formula is C25H30N6O2. The van der Waals surface area contributed by atoms with Crippen molar-refractivity contribution in [1.82, 2.24) is 24.8 Å². The van der Waals surface area contributed by atoms with Crippen LogP contribution in [0.5, 0.6) is 17.4 Å². The van der Waals surface area contributed by atoms with Crippen LogP contribution in [0.25, 0.3) is 0 Å². The van der Waals surface area contributed by atoms with Crippen molar-refractivity contribution in [1.29, 1.82) is 0 Å². The second kappa shape index (κ2) is 9.72. The van der Waals surface area contributed by atoms with Gasteiger partial charge in [0.15, 0.2) is 0 Å². The predicted molar refractivity (Wildman–Crippen MR) is 127 cm³/mol. The van der Waals surface area contributed by atoms with Crippen molar-refractivity contribution < 1.29 is 9.47 Å². The van der Waals surface area contributed by atoms with Gasteiger partial charge < -0.3 is 19.3 Å². The van der Waals surface area contributed by atoms with E-state index in [1.807, 2.05) is 36.7 Å². The molecule has 1 saturated heterocycles. The normalized spacial score (nSPS) is 17.0. The molecule has 4 heterocycles. The first-order valence-corrected chi connectivity index (χ1v) is 11.4. The topological polar surface area (TPSA) is 66.9 Å². The van der Waals surface area contributed by atoms with Crippen molar-refractivity contribution in [3.63, 3.8) is 0 Å². The molecule has 33 heavy (non-hydrogen) atoms. The third-order valence-electron chi connectivity index (χ3n) is 6.29. The summed E-state index contributed by atoms with van der Waals surface area (Å²) in [5.74, 6) is 2.88. The fraction of sp³-hybridized carbons (Fsp3) is 0.400. The van der Waals surface area contributed by atoms with Gasteiger partial charge in [-0.25, -0.2) is 4.98 Å². The molecule has 8 heteroatoms. The zero-order chi connectivity index (χ0) is 22.6. The average molecular weight is 447 g/mol. The molecule has 0 radical (unpaired) electrons. The second-order valence-electron chi connectivity index (χ2n) is 8.64. The minimum absolute atomic E-state index is 0.640. The highest BCUT2D eigenvalue weighted by molar-refractivity contribution is 5.44. The number of benzene rings is 1. The number of hydrogen-bond donors (Lipinski definition) is 0. The van der Waals surface area contributed by atoms with Gasteiger partial charge in [-0.1, -0.05) is 6.07 Å². The number of methoxy groups -OCH3 is 1. The minimum atomic E-state index is 0.640. The lowest BCUT2D eigenvalue weighted by molar-refractivity contribution is 0.238. The van der Waals surface area contributed by atoms with Gasteiger partial charge in [-0.3, -0.25) is 9.88 Å². The van der Waals surface area contributed by atoms with E-state index in [0.717, 1.165) is 75.2 Å². The summed E-state index contributed by atoms with van der Waals surface area (Å²) in [4.78, 5) is 21.1. The van der Waals surface area contributed by atoms with Gasteiger partial charge in [-0.05, 0) is 36.9 Å². The summed E-state index contributed by atoms with van der Waals surface area (Å²) in [6, 6.07) is 11.8. The summed E-state index contributed by atoms with van der Waals surface area (Å²) in [6.45, 7) is 6.41. The number of nitrogens with zero attached hydrogens (tertiary/aromatic N) is 6. The minimum Gasteiger partial charge on any atom is -0.497 e. The summed E-state index contributed by atoms with van der Waals surface area (Å²) in [6.07, 6.45) is 4.56. The van der Waals surface area contributed by atoms with Crippen molar-refractivity contribution in [3.05, 3.63) is 65.6 Å². The number of ether oxygens (including phenoxy) is 2. The highest BCUT2D eigenvalue weighted by Gasteiger charge is 2.26. The second-order valence-corrected chi connectivity index (χ2v) is 8.64. The van der Waals surface area contributed by atoms with Crippen LogP contribution in [0.2, 0.25) is 0 Å². The third-order valence-corrected chi connectivity index (χ3v) is 6.29. The summed E-state index contributed by atoms with van der Waals surface area (Å²) >= 11 is 0. The van der Waals surface area contributed by atoms with Gasteiger partial charge in [0, 0.05) is 70.7 Å². The maximum absolute atomic E-state index is 6.37. The average Bonchev–Trinajstić information content (AvgIpc) is 2.85. The standard InChI is InChI=1S/C25H30N6O2/c1-29-12-14-31(15-13-29)25-27-23-8-11-30(17-19-6-9-26-10-7-19)18-22(23)24(28-25)33-21-5-3-4-20(16-21)32-2/h3-7,9-10,16H,8,11-15,17-18H2,1-2H3. The Morgan fingerprint density at radius 3 is 2.52 bits per heavy atom. The van der Waals surface area contributed by atoms with Gasteiger partial charge in [-0.2, -0.15) is 4.98 Å². The molecule has 0 amide bonds. The van der Waals surface area contributed by atoms with E-state index in [2.05, 4.69) is 38.9 Å². The smallest absolute Gasteiger partial charge is 0.228 e. The molecule has 2 aromatic heterocycles. The molecule has 0 atom stereocenters. The highest BCUT2D eigenvalue weighted by atomic mass is 16.5. The molecular weight excluding hydrogens is 416 g/mol. The Balaban J connectivity index is 1.45. The van der Waals surface area contributed by atoms with Crippen LogP contribution in [-0.4, -0.2) is 71.6 Å². The summed E-state index contributed by atoms with van der Waals surface area (Å²) in [7, 11) is 3.81. The molecule has 0 aliphatic carbocycles. The zero-order valence-corrected chi connectivity index (χ0v) is 19.3. The van der Waals surface area contributed by atoms with E-state index in [0.29, 0.717) is 11.6 Å². The van der Waals surface area contributed by atoms with E-state index in [9.17, 15) is 0 Å². The first kappa shape index (κ1) is 21.6. The van der Waals surface area contributed by atoms with E-state index in [4.69, 9.17) is 19.4 Å². The van der Waals surface area contributed by atoms with E-state index in [1.54, 1.807) is 7.11 Å². The van der Waals surface area contributed by atoms with Crippen molar-refractivity contribution >= 4 is 5.95 Å². The largest absolute Gasteiger partial charge is 0.497 e. The Morgan fingerprint density at radius 1 is 0.939 bits per heavy atom. The van der Waals surface area contributed by atoms with Crippen molar-refractivity contribution in [3.8, 4) is 17.4 Å². The van der Waals surface area contributed by atoms with Gasteiger partial charge in [0.25, 0.3) is 0 Å². The van der Waals surface area contributed by atoms with Crippen molar-refractivity contribution in [2.45, 2.75) is 19.5 Å². The van der Waals surface area contributed by atoms with E-state index in [-0.39, 0.29) is 0 Å². The van der Waals surface area contributed by atoms with Gasteiger partial charge in [-0.15, -0.1) is 0 Å². The first-order valence-electron chi connectivity index (χ1n) is 11.4. The third kappa shape index (κ3) is 5.07. The SMILES string of the molecule is COc1cccc(Oc2nc(N3CCN(C)CC3)nc3c2CN(Cc2ccncc2)CC3)c1. The zero-order valence-electron chi connectivity index (χ0n) is 19.3. The first-order chi connectivity index (χ1) is 16.2. The van der Waals surface area contributed by atoms with Crippen LogP contribution in [0.1, 0.15) is 16.8 Å². The van der Waals surface area contributed by atoms with Crippen molar-refractivity contribution in [2.75, 3.05) is 51.8 Å². The molecule has 0 unspecified atom stereocenters. The number of pyridine rings is 1. The van der Waals surface area contributed by atoms with Crippen LogP contribution in [0, 0.1) is 0 Å². The van der Waals surface area contributed by atoms with Gasteiger partial charge in [0.2, 0.25) is 11.8 Å². The van der Waals surface area contributed by atoms with Gasteiger partial charge in [0.1, 0.15) is 11.5 Å². The molecule has 2 aliphatic heterocycles. The van der Waals surface area contributed by atoms with Crippen molar-refractivity contribution in [2.24, 2.45) is 0 Å². The lowest BCUT2D eigenvalue weighted by atomic mass is 10.1. The maximum Gasteiger partial charge on any atom is 0.228 e. The van der Waals surface area contributed by atoms with Crippen LogP contribution < -0.4 is 14.4 Å². The molecule has 1 fully saturated rings.